The van der Waals surface area contributed by atoms with Crippen LogP contribution < -0.4 is 5.32 Å². The monoisotopic (exact) mass is 272 g/mol. The van der Waals surface area contributed by atoms with Crippen molar-refractivity contribution >= 4 is 11.6 Å². The van der Waals surface area contributed by atoms with E-state index in [1.54, 1.807) is 12.1 Å². The SMILES string of the molecule is CN1CCO[C@@H](CNCc2c(F)cccc2Cl)C1. The lowest BCUT2D eigenvalue weighted by Gasteiger charge is -2.30. The largest absolute Gasteiger partial charge is 0.374 e. The van der Waals surface area contributed by atoms with Gasteiger partial charge in [-0.05, 0) is 19.2 Å². The van der Waals surface area contributed by atoms with Crippen molar-refractivity contribution in [3.05, 3.63) is 34.6 Å². The Balaban J connectivity index is 1.81. The Morgan fingerprint density at radius 3 is 3.11 bits per heavy atom. The highest BCUT2D eigenvalue weighted by Crippen LogP contribution is 2.18. The second kappa shape index (κ2) is 6.48. The number of halogens is 2. The maximum Gasteiger partial charge on any atom is 0.129 e. The molecule has 1 N–H and O–H groups in total. The predicted octanol–water partition coefficient (Wildman–Crippen LogP) is 1.90. The van der Waals surface area contributed by atoms with Crippen molar-refractivity contribution in [2.75, 3.05) is 33.3 Å². The molecular weight excluding hydrogens is 255 g/mol. The maximum absolute atomic E-state index is 13.5. The zero-order chi connectivity index (χ0) is 13.0. The van der Waals surface area contributed by atoms with E-state index < -0.39 is 0 Å². The van der Waals surface area contributed by atoms with E-state index in [-0.39, 0.29) is 11.9 Å². The molecule has 0 spiro atoms. The van der Waals surface area contributed by atoms with E-state index in [2.05, 4.69) is 17.3 Å². The van der Waals surface area contributed by atoms with Gasteiger partial charge < -0.3 is 15.0 Å². The number of ether oxygens (including phenoxy) is 1. The van der Waals surface area contributed by atoms with Crippen molar-refractivity contribution in [3.63, 3.8) is 0 Å². The van der Waals surface area contributed by atoms with E-state index in [0.29, 0.717) is 23.7 Å². The first-order chi connectivity index (χ1) is 8.66. The molecule has 0 bridgehead atoms. The molecule has 1 aromatic carbocycles. The molecule has 1 saturated heterocycles. The summed E-state index contributed by atoms with van der Waals surface area (Å²) < 4.78 is 19.1. The highest BCUT2D eigenvalue weighted by atomic mass is 35.5. The van der Waals surface area contributed by atoms with Crippen LogP contribution in [0.1, 0.15) is 5.56 Å². The smallest absolute Gasteiger partial charge is 0.129 e. The summed E-state index contributed by atoms with van der Waals surface area (Å²) in [6.45, 7) is 3.75. The van der Waals surface area contributed by atoms with Crippen molar-refractivity contribution in [1.29, 1.82) is 0 Å². The summed E-state index contributed by atoms with van der Waals surface area (Å²) in [5.41, 5.74) is 0.517. The Morgan fingerprint density at radius 2 is 2.39 bits per heavy atom. The molecule has 1 atom stereocenters. The van der Waals surface area contributed by atoms with Gasteiger partial charge in [-0.25, -0.2) is 4.39 Å². The molecule has 5 heteroatoms. The molecule has 0 aliphatic carbocycles. The van der Waals surface area contributed by atoms with Gasteiger partial charge in [-0.3, -0.25) is 0 Å². The van der Waals surface area contributed by atoms with Crippen LogP contribution in [-0.2, 0) is 11.3 Å². The number of morpholine rings is 1. The van der Waals surface area contributed by atoms with Crippen LogP contribution in [0.2, 0.25) is 5.02 Å². The van der Waals surface area contributed by atoms with Gasteiger partial charge in [-0.15, -0.1) is 0 Å². The predicted molar refractivity (Wildman–Crippen MR) is 70.4 cm³/mol. The number of hydrogen-bond donors (Lipinski definition) is 1. The van der Waals surface area contributed by atoms with E-state index >= 15 is 0 Å². The summed E-state index contributed by atoms with van der Waals surface area (Å²) in [5, 5.41) is 3.66. The van der Waals surface area contributed by atoms with E-state index in [0.717, 1.165) is 19.7 Å². The number of nitrogens with zero attached hydrogens (tertiary/aromatic N) is 1. The molecule has 0 amide bonds. The molecule has 0 aromatic heterocycles. The Kier molecular flexibility index (Phi) is 4.95. The number of hydrogen-bond acceptors (Lipinski definition) is 3. The summed E-state index contributed by atoms with van der Waals surface area (Å²) in [7, 11) is 2.07. The van der Waals surface area contributed by atoms with Gasteiger partial charge in [0.15, 0.2) is 0 Å². The molecule has 1 aliphatic rings. The molecule has 18 heavy (non-hydrogen) atoms. The number of benzene rings is 1. The van der Waals surface area contributed by atoms with Gasteiger partial charge in [0.2, 0.25) is 0 Å². The Bertz CT molecular complexity index is 382. The van der Waals surface area contributed by atoms with Crippen LogP contribution in [0.3, 0.4) is 0 Å². The minimum atomic E-state index is -0.267. The highest BCUT2D eigenvalue weighted by molar-refractivity contribution is 6.31. The third-order valence-corrected chi connectivity index (χ3v) is 3.43. The molecule has 1 fully saturated rings. The first-order valence-electron chi connectivity index (χ1n) is 6.10. The topological polar surface area (TPSA) is 24.5 Å². The maximum atomic E-state index is 13.5. The van der Waals surface area contributed by atoms with Crippen molar-refractivity contribution in [2.45, 2.75) is 12.6 Å². The van der Waals surface area contributed by atoms with Gasteiger partial charge in [0.1, 0.15) is 5.82 Å². The van der Waals surface area contributed by atoms with Gasteiger partial charge in [0.25, 0.3) is 0 Å². The molecule has 1 aromatic rings. The molecule has 0 saturated carbocycles. The molecule has 0 radical (unpaired) electrons. The van der Waals surface area contributed by atoms with Crippen molar-refractivity contribution in [1.82, 2.24) is 10.2 Å². The van der Waals surface area contributed by atoms with Crippen LogP contribution in [0.4, 0.5) is 4.39 Å². The van der Waals surface area contributed by atoms with Gasteiger partial charge in [0.05, 0.1) is 12.7 Å². The summed E-state index contributed by atoms with van der Waals surface area (Å²) in [6.07, 6.45) is 0.161. The molecular formula is C13H18ClFN2O. The average molecular weight is 273 g/mol. The van der Waals surface area contributed by atoms with E-state index in [9.17, 15) is 4.39 Å². The first-order valence-corrected chi connectivity index (χ1v) is 6.48. The van der Waals surface area contributed by atoms with Crippen LogP contribution in [0.25, 0.3) is 0 Å². The lowest BCUT2D eigenvalue weighted by molar-refractivity contribution is -0.0182. The van der Waals surface area contributed by atoms with Gasteiger partial charge in [0, 0.05) is 36.8 Å². The Morgan fingerprint density at radius 1 is 1.56 bits per heavy atom. The van der Waals surface area contributed by atoms with Crippen LogP contribution in [-0.4, -0.2) is 44.3 Å². The summed E-state index contributed by atoms with van der Waals surface area (Å²) >= 11 is 5.95. The third-order valence-electron chi connectivity index (χ3n) is 3.08. The van der Waals surface area contributed by atoms with Crippen molar-refractivity contribution < 1.29 is 9.13 Å². The summed E-state index contributed by atoms with van der Waals surface area (Å²) in [5.74, 6) is -0.267. The minimum Gasteiger partial charge on any atom is -0.374 e. The standard InChI is InChI=1S/C13H18ClFN2O/c1-17-5-6-18-10(9-17)7-16-8-11-12(14)3-2-4-13(11)15/h2-4,10,16H,5-9H2,1H3/t10-/m0/s1. The van der Waals surface area contributed by atoms with Gasteiger partial charge >= 0.3 is 0 Å². The van der Waals surface area contributed by atoms with Crippen molar-refractivity contribution in [2.24, 2.45) is 0 Å². The van der Waals surface area contributed by atoms with Crippen LogP contribution >= 0.6 is 11.6 Å². The normalized spacial score (nSPS) is 21.2. The molecule has 3 nitrogen and oxygen atoms in total. The van der Waals surface area contributed by atoms with Crippen LogP contribution in [0.5, 0.6) is 0 Å². The summed E-state index contributed by atoms with van der Waals surface area (Å²) in [4.78, 5) is 2.23. The minimum absolute atomic E-state index is 0.161. The summed E-state index contributed by atoms with van der Waals surface area (Å²) in [6, 6.07) is 4.74. The molecule has 0 unspecified atom stereocenters. The number of nitrogens with one attached hydrogen (secondary N) is 1. The number of likely N-dealkylation sites (N-methyl/N-ethyl adjacent to an activating group) is 1. The second-order valence-electron chi connectivity index (χ2n) is 4.59. The first kappa shape index (κ1) is 13.7. The Labute approximate surface area is 112 Å². The molecule has 100 valence electrons. The number of rotatable bonds is 4. The van der Waals surface area contributed by atoms with E-state index in [1.165, 1.54) is 6.07 Å². The third kappa shape index (κ3) is 3.65. The fourth-order valence-corrected chi connectivity index (χ4v) is 2.28. The lowest BCUT2D eigenvalue weighted by atomic mass is 10.2. The Hall–Kier alpha value is -0.680. The van der Waals surface area contributed by atoms with Crippen LogP contribution in [0, 0.1) is 5.82 Å². The highest BCUT2D eigenvalue weighted by Gasteiger charge is 2.17. The zero-order valence-electron chi connectivity index (χ0n) is 10.5. The van der Waals surface area contributed by atoms with E-state index in [1.807, 2.05) is 0 Å². The molecule has 2 rings (SSSR count). The van der Waals surface area contributed by atoms with Gasteiger partial charge in [-0.2, -0.15) is 0 Å². The quantitative estimate of drug-likeness (QED) is 0.906. The lowest BCUT2D eigenvalue weighted by Crippen LogP contribution is -2.44. The van der Waals surface area contributed by atoms with Crippen molar-refractivity contribution in [3.8, 4) is 0 Å². The van der Waals surface area contributed by atoms with Gasteiger partial charge in [-0.1, -0.05) is 17.7 Å². The second-order valence-corrected chi connectivity index (χ2v) is 4.99. The fourth-order valence-electron chi connectivity index (χ4n) is 2.05. The van der Waals surface area contributed by atoms with Crippen LogP contribution in [0.15, 0.2) is 18.2 Å². The molecule has 1 heterocycles. The molecule has 1 aliphatic heterocycles. The fraction of sp³-hybridized carbons (Fsp3) is 0.538. The zero-order valence-corrected chi connectivity index (χ0v) is 11.2. The van der Waals surface area contributed by atoms with E-state index in [4.69, 9.17) is 16.3 Å². The average Bonchev–Trinajstić information content (AvgIpc) is 2.33.